The van der Waals surface area contributed by atoms with Crippen LogP contribution in [0.5, 0.6) is 5.75 Å². The number of benzene rings is 1. The van der Waals surface area contributed by atoms with Crippen molar-refractivity contribution in [2.75, 3.05) is 17.2 Å². The van der Waals surface area contributed by atoms with Crippen LogP contribution in [0.25, 0.3) is 0 Å². The maximum atomic E-state index is 11.3. The highest BCUT2D eigenvalue weighted by Crippen LogP contribution is 2.34. The van der Waals surface area contributed by atoms with Gasteiger partial charge in [-0.05, 0) is 37.3 Å². The second-order valence-corrected chi connectivity index (χ2v) is 6.68. The molecular weight excluding hydrogens is 258 g/mol. The molecule has 1 saturated carbocycles. The lowest BCUT2D eigenvalue weighted by Gasteiger charge is -2.12. The lowest BCUT2D eigenvalue weighted by atomic mass is 10.3. The Bertz CT molecular complexity index is 509. The molecule has 2 rings (SSSR count). The molecular formula is C11H15NO3S2. The molecule has 94 valence electrons. The van der Waals surface area contributed by atoms with E-state index in [1.54, 1.807) is 17.8 Å². The summed E-state index contributed by atoms with van der Waals surface area (Å²) in [7, 11) is -3.28. The fourth-order valence-corrected chi connectivity index (χ4v) is 2.38. The predicted molar refractivity (Wildman–Crippen MR) is 70.3 cm³/mol. The van der Waals surface area contributed by atoms with Crippen LogP contribution in [0.15, 0.2) is 23.1 Å². The minimum absolute atomic E-state index is 0.246. The van der Waals surface area contributed by atoms with E-state index in [1.165, 1.54) is 0 Å². The van der Waals surface area contributed by atoms with Crippen LogP contribution >= 0.6 is 11.8 Å². The van der Waals surface area contributed by atoms with Gasteiger partial charge in [-0.15, -0.1) is 11.8 Å². The number of rotatable bonds is 5. The van der Waals surface area contributed by atoms with Crippen LogP contribution in [0.2, 0.25) is 0 Å². The van der Waals surface area contributed by atoms with E-state index in [9.17, 15) is 8.42 Å². The molecule has 0 amide bonds. The Morgan fingerprint density at radius 1 is 1.41 bits per heavy atom. The minimum atomic E-state index is -3.28. The van der Waals surface area contributed by atoms with Gasteiger partial charge >= 0.3 is 0 Å². The summed E-state index contributed by atoms with van der Waals surface area (Å²) < 4.78 is 30.7. The molecule has 0 aliphatic heterocycles. The predicted octanol–water partition coefficient (Wildman–Crippen LogP) is 2.32. The second-order valence-electron chi connectivity index (χ2n) is 4.05. The number of ether oxygens (including phenoxy) is 1. The average Bonchev–Trinajstić information content (AvgIpc) is 3.02. The van der Waals surface area contributed by atoms with Crippen molar-refractivity contribution >= 4 is 27.5 Å². The summed E-state index contributed by atoms with van der Waals surface area (Å²) >= 11 is 1.56. The summed E-state index contributed by atoms with van der Waals surface area (Å²) in [5.41, 5.74) is 0.520. The first kappa shape index (κ1) is 12.6. The fraction of sp³-hybridized carbons (Fsp3) is 0.455. The van der Waals surface area contributed by atoms with Crippen LogP contribution < -0.4 is 9.46 Å². The van der Waals surface area contributed by atoms with Crippen molar-refractivity contribution in [2.45, 2.75) is 23.8 Å². The molecule has 0 bridgehead atoms. The Labute approximate surface area is 106 Å². The molecule has 1 aromatic rings. The molecule has 0 aromatic heterocycles. The Hall–Kier alpha value is -0.880. The van der Waals surface area contributed by atoms with Gasteiger partial charge < -0.3 is 4.74 Å². The van der Waals surface area contributed by atoms with Gasteiger partial charge in [-0.3, -0.25) is 4.72 Å². The lowest BCUT2D eigenvalue weighted by Crippen LogP contribution is -2.11. The van der Waals surface area contributed by atoms with Crippen molar-refractivity contribution in [1.82, 2.24) is 0 Å². The zero-order chi connectivity index (χ0) is 12.5. The molecule has 1 aliphatic carbocycles. The minimum Gasteiger partial charge on any atom is -0.488 e. The van der Waals surface area contributed by atoms with Gasteiger partial charge in [0.15, 0.2) is 0 Å². The van der Waals surface area contributed by atoms with Crippen molar-refractivity contribution in [3.63, 3.8) is 0 Å². The van der Waals surface area contributed by atoms with Crippen molar-refractivity contribution < 1.29 is 13.2 Å². The lowest BCUT2D eigenvalue weighted by molar-refractivity contribution is 0.304. The van der Waals surface area contributed by atoms with E-state index in [2.05, 4.69) is 4.72 Å². The molecule has 0 unspecified atom stereocenters. The summed E-state index contributed by atoms with van der Waals surface area (Å²) in [4.78, 5) is 0.999. The molecule has 0 atom stereocenters. The normalized spacial score (nSPS) is 15.6. The first-order valence-electron chi connectivity index (χ1n) is 5.30. The first-order valence-corrected chi connectivity index (χ1v) is 8.42. The van der Waals surface area contributed by atoms with E-state index in [-0.39, 0.29) is 6.10 Å². The van der Waals surface area contributed by atoms with Crippen LogP contribution in [0.4, 0.5) is 5.69 Å². The maximum Gasteiger partial charge on any atom is 0.229 e. The SMILES string of the molecule is CSc1ccc(OC2CC2)c(NS(C)(=O)=O)c1. The van der Waals surface area contributed by atoms with Crippen molar-refractivity contribution in [3.05, 3.63) is 18.2 Å². The van der Waals surface area contributed by atoms with Crippen LogP contribution in [0, 0.1) is 0 Å². The van der Waals surface area contributed by atoms with E-state index in [4.69, 9.17) is 4.74 Å². The van der Waals surface area contributed by atoms with Gasteiger partial charge in [0.25, 0.3) is 0 Å². The maximum absolute atomic E-state index is 11.3. The van der Waals surface area contributed by atoms with Crippen LogP contribution in [-0.4, -0.2) is 27.0 Å². The van der Waals surface area contributed by atoms with Crippen LogP contribution in [0.3, 0.4) is 0 Å². The van der Waals surface area contributed by atoms with Gasteiger partial charge in [0.05, 0.1) is 18.0 Å². The standard InChI is InChI=1S/C11H15NO3S2/c1-16-9-5-6-11(15-8-3-4-8)10(7-9)12-17(2,13)14/h5-8,12H,3-4H2,1-2H3. The summed E-state index contributed by atoms with van der Waals surface area (Å²) in [6, 6.07) is 5.54. The Kier molecular flexibility index (Phi) is 3.53. The summed E-state index contributed by atoms with van der Waals surface area (Å²) in [5.74, 6) is 0.607. The molecule has 1 fully saturated rings. The van der Waals surface area contributed by atoms with Crippen LogP contribution in [0.1, 0.15) is 12.8 Å². The Balaban J connectivity index is 2.28. The number of thioether (sulfide) groups is 1. The summed E-state index contributed by atoms with van der Waals surface area (Å²) in [6.07, 6.45) is 5.42. The number of hydrogen-bond acceptors (Lipinski definition) is 4. The quantitative estimate of drug-likeness (QED) is 0.837. The molecule has 1 aromatic carbocycles. The smallest absolute Gasteiger partial charge is 0.229 e. The third-order valence-corrected chi connectivity index (χ3v) is 3.62. The highest BCUT2D eigenvalue weighted by Gasteiger charge is 2.25. The number of nitrogens with one attached hydrogen (secondary N) is 1. The third-order valence-electron chi connectivity index (χ3n) is 2.30. The molecule has 0 saturated heterocycles. The van der Waals surface area contributed by atoms with Crippen molar-refractivity contribution in [2.24, 2.45) is 0 Å². The number of anilines is 1. The number of hydrogen-bond donors (Lipinski definition) is 1. The topological polar surface area (TPSA) is 55.4 Å². The van der Waals surface area contributed by atoms with Gasteiger partial charge in [-0.25, -0.2) is 8.42 Å². The highest BCUT2D eigenvalue weighted by molar-refractivity contribution is 7.98. The van der Waals surface area contributed by atoms with E-state index >= 15 is 0 Å². The van der Waals surface area contributed by atoms with Gasteiger partial charge in [0.1, 0.15) is 5.75 Å². The Morgan fingerprint density at radius 3 is 2.65 bits per heavy atom. The highest BCUT2D eigenvalue weighted by atomic mass is 32.2. The van der Waals surface area contributed by atoms with E-state index in [0.29, 0.717) is 11.4 Å². The van der Waals surface area contributed by atoms with Crippen molar-refractivity contribution in [3.8, 4) is 5.75 Å². The summed E-state index contributed by atoms with van der Waals surface area (Å²) in [5, 5.41) is 0. The molecule has 0 spiro atoms. The molecule has 1 N–H and O–H groups in total. The summed E-state index contributed by atoms with van der Waals surface area (Å²) in [6.45, 7) is 0. The van der Waals surface area contributed by atoms with Crippen LogP contribution in [-0.2, 0) is 10.0 Å². The second kappa shape index (κ2) is 4.78. The van der Waals surface area contributed by atoms with Gasteiger partial charge in [-0.2, -0.15) is 0 Å². The molecule has 4 nitrogen and oxygen atoms in total. The van der Waals surface area contributed by atoms with E-state index in [0.717, 1.165) is 24.0 Å². The average molecular weight is 273 g/mol. The molecule has 0 heterocycles. The molecule has 1 aliphatic rings. The fourth-order valence-electron chi connectivity index (χ4n) is 1.38. The van der Waals surface area contributed by atoms with Crippen molar-refractivity contribution in [1.29, 1.82) is 0 Å². The largest absolute Gasteiger partial charge is 0.488 e. The van der Waals surface area contributed by atoms with E-state index < -0.39 is 10.0 Å². The van der Waals surface area contributed by atoms with Gasteiger partial charge in [0.2, 0.25) is 10.0 Å². The monoisotopic (exact) mass is 273 g/mol. The molecule has 0 radical (unpaired) electrons. The third kappa shape index (κ3) is 3.81. The molecule has 17 heavy (non-hydrogen) atoms. The van der Waals surface area contributed by atoms with Gasteiger partial charge in [0, 0.05) is 4.90 Å². The van der Waals surface area contributed by atoms with Gasteiger partial charge in [-0.1, -0.05) is 0 Å². The molecule has 6 heteroatoms. The zero-order valence-corrected chi connectivity index (χ0v) is 11.4. The van der Waals surface area contributed by atoms with E-state index in [1.807, 2.05) is 18.4 Å². The zero-order valence-electron chi connectivity index (χ0n) is 9.76. The Morgan fingerprint density at radius 2 is 2.12 bits per heavy atom. The first-order chi connectivity index (χ1) is 7.98. The number of sulfonamides is 1.